The minimum absolute atomic E-state index is 0.00395. The number of fused-ring (bicyclic) bond motifs is 1. The number of hydrogen-bond donors (Lipinski definition) is 0. The number of thiophene rings is 1. The van der Waals surface area contributed by atoms with Crippen LogP contribution in [0.2, 0.25) is 5.02 Å². The van der Waals surface area contributed by atoms with E-state index in [1.165, 1.54) is 11.3 Å². The van der Waals surface area contributed by atoms with E-state index in [1.807, 2.05) is 42.5 Å². The van der Waals surface area contributed by atoms with Crippen molar-refractivity contribution in [2.24, 2.45) is 0 Å². The molecule has 1 aromatic carbocycles. The van der Waals surface area contributed by atoms with Gasteiger partial charge in [-0.25, -0.2) is 4.98 Å². The number of aromatic nitrogens is 3. The van der Waals surface area contributed by atoms with Gasteiger partial charge in [-0.15, -0.1) is 11.3 Å². The molecule has 0 N–H and O–H groups in total. The molecular weight excluding hydrogens is 354 g/mol. The molecule has 3 aromatic heterocycles. The molecule has 4 rings (SSSR count). The molecule has 0 bridgehead atoms. The number of pyridine rings is 1. The van der Waals surface area contributed by atoms with Crippen LogP contribution in [0.3, 0.4) is 0 Å². The first-order valence-corrected chi connectivity index (χ1v) is 9.04. The second-order valence-electron chi connectivity index (χ2n) is 5.68. The first-order valence-electron chi connectivity index (χ1n) is 7.84. The Morgan fingerprint density at radius 2 is 1.84 bits per heavy atom. The molecule has 0 fully saturated rings. The molecule has 124 valence electrons. The average Bonchev–Trinajstić information content (AvgIpc) is 3.08. The van der Waals surface area contributed by atoms with Crippen molar-refractivity contribution >= 4 is 33.2 Å². The number of halogens is 1. The van der Waals surface area contributed by atoms with E-state index in [1.54, 1.807) is 23.3 Å². The van der Waals surface area contributed by atoms with Crippen LogP contribution in [0.1, 0.15) is 5.56 Å². The molecule has 0 spiro atoms. The van der Waals surface area contributed by atoms with Crippen molar-refractivity contribution in [2.45, 2.75) is 13.0 Å². The van der Waals surface area contributed by atoms with Crippen molar-refractivity contribution in [3.8, 4) is 10.4 Å². The normalized spacial score (nSPS) is 11.1. The molecule has 3 heterocycles. The molecule has 0 aliphatic heterocycles. The van der Waals surface area contributed by atoms with E-state index >= 15 is 0 Å². The molecule has 0 unspecified atom stereocenters. The van der Waals surface area contributed by atoms with Crippen molar-refractivity contribution < 1.29 is 0 Å². The van der Waals surface area contributed by atoms with Crippen molar-refractivity contribution in [3.63, 3.8) is 0 Å². The monoisotopic (exact) mass is 367 g/mol. The molecule has 0 atom stereocenters. The van der Waals surface area contributed by atoms with Crippen LogP contribution in [0.5, 0.6) is 0 Å². The maximum atomic E-state index is 12.7. The Morgan fingerprint density at radius 3 is 2.60 bits per heavy atom. The van der Waals surface area contributed by atoms with E-state index in [2.05, 4.69) is 9.97 Å². The standard InChI is InChI=1S/C19H14ClN3OS/c20-15-3-1-14(2-4-15)17-11-16-18(25-17)19(24)23(12-22-16)10-7-13-5-8-21-9-6-13/h1-6,8-9,11-12H,7,10H2. The summed E-state index contributed by atoms with van der Waals surface area (Å²) in [5.74, 6) is 0. The predicted octanol–water partition coefficient (Wildman–Crippen LogP) is 4.42. The zero-order valence-corrected chi connectivity index (χ0v) is 14.8. The summed E-state index contributed by atoms with van der Waals surface area (Å²) in [6.07, 6.45) is 5.92. The van der Waals surface area contributed by atoms with E-state index in [9.17, 15) is 4.79 Å². The molecule has 0 radical (unpaired) electrons. The maximum Gasteiger partial charge on any atom is 0.271 e. The molecule has 0 aliphatic carbocycles. The van der Waals surface area contributed by atoms with Gasteiger partial charge in [0.25, 0.3) is 5.56 Å². The quantitative estimate of drug-likeness (QED) is 0.536. The number of nitrogens with zero attached hydrogens (tertiary/aromatic N) is 3. The minimum atomic E-state index is 0.00395. The highest BCUT2D eigenvalue weighted by Crippen LogP contribution is 2.31. The Morgan fingerprint density at radius 1 is 1.08 bits per heavy atom. The van der Waals surface area contributed by atoms with Crippen LogP contribution in [0, 0.1) is 0 Å². The third-order valence-electron chi connectivity index (χ3n) is 4.02. The highest BCUT2D eigenvalue weighted by Gasteiger charge is 2.10. The van der Waals surface area contributed by atoms with Gasteiger partial charge in [0.1, 0.15) is 4.70 Å². The Bertz CT molecular complexity index is 1070. The summed E-state index contributed by atoms with van der Waals surface area (Å²) in [7, 11) is 0. The molecular formula is C19H14ClN3OS. The molecule has 4 nitrogen and oxygen atoms in total. The van der Waals surface area contributed by atoms with Crippen molar-refractivity contribution in [1.29, 1.82) is 0 Å². The van der Waals surface area contributed by atoms with Crippen LogP contribution in [-0.4, -0.2) is 14.5 Å². The van der Waals surface area contributed by atoms with E-state index in [4.69, 9.17) is 11.6 Å². The Labute approximate surface area is 153 Å². The molecule has 6 heteroatoms. The lowest BCUT2D eigenvalue weighted by Crippen LogP contribution is -2.20. The third kappa shape index (κ3) is 3.34. The highest BCUT2D eigenvalue weighted by molar-refractivity contribution is 7.22. The average molecular weight is 368 g/mol. The number of rotatable bonds is 4. The SMILES string of the molecule is O=c1c2sc(-c3ccc(Cl)cc3)cc2ncn1CCc1ccncc1. The van der Waals surface area contributed by atoms with Gasteiger partial charge in [-0.2, -0.15) is 0 Å². The summed E-state index contributed by atoms with van der Waals surface area (Å²) >= 11 is 7.41. The van der Waals surface area contributed by atoms with Gasteiger partial charge in [-0.05, 0) is 47.9 Å². The molecule has 0 amide bonds. The van der Waals surface area contributed by atoms with Crippen LogP contribution >= 0.6 is 22.9 Å². The topological polar surface area (TPSA) is 47.8 Å². The van der Waals surface area contributed by atoms with Crippen LogP contribution in [0.15, 0.2) is 66.0 Å². The lowest BCUT2D eigenvalue weighted by atomic mass is 10.2. The fourth-order valence-corrected chi connectivity index (χ4v) is 3.85. The van der Waals surface area contributed by atoms with Gasteiger partial charge < -0.3 is 0 Å². The van der Waals surface area contributed by atoms with Crippen molar-refractivity contribution in [3.05, 3.63) is 82.1 Å². The highest BCUT2D eigenvalue weighted by atomic mass is 35.5. The Hall–Kier alpha value is -2.50. The zero-order valence-electron chi connectivity index (χ0n) is 13.2. The van der Waals surface area contributed by atoms with E-state index in [-0.39, 0.29) is 5.56 Å². The zero-order chi connectivity index (χ0) is 17.2. The summed E-state index contributed by atoms with van der Waals surface area (Å²) < 4.78 is 2.35. The molecule has 25 heavy (non-hydrogen) atoms. The van der Waals surface area contributed by atoms with Gasteiger partial charge in [0.15, 0.2) is 0 Å². The number of benzene rings is 1. The molecule has 4 aromatic rings. The van der Waals surface area contributed by atoms with Crippen LogP contribution in [0.4, 0.5) is 0 Å². The second-order valence-corrected chi connectivity index (χ2v) is 7.17. The number of aryl methyl sites for hydroxylation is 2. The summed E-state index contributed by atoms with van der Waals surface area (Å²) in [4.78, 5) is 22.2. The van der Waals surface area contributed by atoms with Gasteiger partial charge in [-0.1, -0.05) is 23.7 Å². The van der Waals surface area contributed by atoms with Crippen molar-refractivity contribution in [1.82, 2.24) is 14.5 Å². The van der Waals surface area contributed by atoms with Crippen LogP contribution < -0.4 is 5.56 Å². The van der Waals surface area contributed by atoms with Gasteiger partial charge in [0, 0.05) is 28.8 Å². The lowest BCUT2D eigenvalue weighted by Gasteiger charge is -2.04. The molecule has 0 aliphatic rings. The lowest BCUT2D eigenvalue weighted by molar-refractivity contribution is 0.663. The third-order valence-corrected chi connectivity index (χ3v) is 5.44. The first kappa shape index (κ1) is 16.0. The van der Waals surface area contributed by atoms with Gasteiger partial charge in [-0.3, -0.25) is 14.3 Å². The summed E-state index contributed by atoms with van der Waals surface area (Å²) in [5, 5.41) is 0.696. The van der Waals surface area contributed by atoms with Gasteiger partial charge in [0.05, 0.1) is 11.8 Å². The van der Waals surface area contributed by atoms with Gasteiger partial charge >= 0.3 is 0 Å². The Kier molecular flexibility index (Phi) is 4.34. The molecule has 0 saturated heterocycles. The van der Waals surface area contributed by atoms with Crippen LogP contribution in [0.25, 0.3) is 20.7 Å². The van der Waals surface area contributed by atoms with E-state index in [0.29, 0.717) is 16.3 Å². The minimum Gasteiger partial charge on any atom is -0.298 e. The van der Waals surface area contributed by atoms with Crippen molar-refractivity contribution in [2.75, 3.05) is 0 Å². The second kappa shape index (κ2) is 6.78. The fourth-order valence-electron chi connectivity index (χ4n) is 2.66. The summed E-state index contributed by atoms with van der Waals surface area (Å²) in [5.41, 5.74) is 2.93. The fraction of sp³-hybridized carbons (Fsp3) is 0.105. The largest absolute Gasteiger partial charge is 0.298 e. The Balaban J connectivity index is 1.66. The summed E-state index contributed by atoms with van der Waals surface area (Å²) in [6, 6.07) is 13.5. The van der Waals surface area contributed by atoms with E-state index < -0.39 is 0 Å². The predicted molar refractivity (Wildman–Crippen MR) is 102 cm³/mol. The summed E-state index contributed by atoms with van der Waals surface area (Å²) in [6.45, 7) is 0.597. The first-order chi connectivity index (χ1) is 12.2. The smallest absolute Gasteiger partial charge is 0.271 e. The maximum absolute atomic E-state index is 12.7. The number of hydrogen-bond acceptors (Lipinski definition) is 4. The molecule has 0 saturated carbocycles. The van der Waals surface area contributed by atoms with Gasteiger partial charge in [0.2, 0.25) is 0 Å². The van der Waals surface area contributed by atoms with Crippen LogP contribution in [-0.2, 0) is 13.0 Å². The van der Waals surface area contributed by atoms with E-state index in [0.717, 1.165) is 27.9 Å².